The SMILES string of the molecule is CC(C)(C(=O)N[C@@H]1CCCNC1)S(C)(=O)=O. The van der Waals surface area contributed by atoms with E-state index in [1.54, 1.807) is 0 Å². The summed E-state index contributed by atoms with van der Waals surface area (Å²) in [6, 6.07) is 0.0438. The highest BCUT2D eigenvalue weighted by molar-refractivity contribution is 7.92. The zero-order valence-electron chi connectivity index (χ0n) is 10.0. The lowest BCUT2D eigenvalue weighted by Gasteiger charge is -2.28. The molecule has 2 N–H and O–H groups in total. The van der Waals surface area contributed by atoms with E-state index in [1.807, 2.05) is 0 Å². The molecule has 1 amide bonds. The van der Waals surface area contributed by atoms with Crippen LogP contribution >= 0.6 is 0 Å². The van der Waals surface area contributed by atoms with E-state index < -0.39 is 20.5 Å². The van der Waals surface area contributed by atoms with Crippen LogP contribution in [0.1, 0.15) is 26.7 Å². The molecule has 0 saturated carbocycles. The third kappa shape index (κ3) is 2.95. The maximum Gasteiger partial charge on any atom is 0.241 e. The molecule has 0 aromatic heterocycles. The predicted octanol–water partition coefficient (Wildman–Crippen LogP) is -0.322. The Morgan fingerprint density at radius 2 is 2.06 bits per heavy atom. The summed E-state index contributed by atoms with van der Waals surface area (Å²) in [4.78, 5) is 11.9. The zero-order chi connectivity index (χ0) is 12.4. The summed E-state index contributed by atoms with van der Waals surface area (Å²) in [6.07, 6.45) is 2.99. The number of amides is 1. The first-order chi connectivity index (χ1) is 7.25. The number of piperidine rings is 1. The molecule has 0 spiro atoms. The van der Waals surface area contributed by atoms with Crippen molar-refractivity contribution in [1.82, 2.24) is 10.6 Å². The molecule has 5 nitrogen and oxygen atoms in total. The van der Waals surface area contributed by atoms with E-state index in [2.05, 4.69) is 10.6 Å². The molecule has 1 fully saturated rings. The topological polar surface area (TPSA) is 75.3 Å². The third-order valence-corrected chi connectivity index (χ3v) is 5.15. The fraction of sp³-hybridized carbons (Fsp3) is 0.900. The monoisotopic (exact) mass is 248 g/mol. The van der Waals surface area contributed by atoms with Gasteiger partial charge in [-0.1, -0.05) is 0 Å². The van der Waals surface area contributed by atoms with E-state index in [1.165, 1.54) is 13.8 Å². The Morgan fingerprint density at radius 3 is 2.50 bits per heavy atom. The Balaban J connectivity index is 2.64. The number of carbonyl (C=O) groups excluding carboxylic acids is 1. The summed E-state index contributed by atoms with van der Waals surface area (Å²) in [7, 11) is -3.38. The molecule has 1 aliphatic rings. The van der Waals surface area contributed by atoms with Gasteiger partial charge in [-0.25, -0.2) is 8.42 Å². The van der Waals surface area contributed by atoms with Crippen molar-refractivity contribution in [2.45, 2.75) is 37.5 Å². The molecule has 1 aliphatic heterocycles. The smallest absolute Gasteiger partial charge is 0.241 e. The van der Waals surface area contributed by atoms with Crippen LogP contribution in [0.2, 0.25) is 0 Å². The molecule has 0 bridgehead atoms. The Morgan fingerprint density at radius 1 is 1.44 bits per heavy atom. The molecule has 94 valence electrons. The second-order valence-electron chi connectivity index (χ2n) is 4.80. The van der Waals surface area contributed by atoms with Crippen LogP contribution in [0.4, 0.5) is 0 Å². The average molecular weight is 248 g/mol. The molecule has 0 aliphatic carbocycles. The van der Waals surface area contributed by atoms with Crippen LogP contribution in [-0.2, 0) is 14.6 Å². The van der Waals surface area contributed by atoms with Gasteiger partial charge in [0.1, 0.15) is 4.75 Å². The first kappa shape index (κ1) is 13.4. The van der Waals surface area contributed by atoms with E-state index in [4.69, 9.17) is 0 Å². The van der Waals surface area contributed by atoms with Crippen LogP contribution in [0.15, 0.2) is 0 Å². The van der Waals surface area contributed by atoms with E-state index in [9.17, 15) is 13.2 Å². The van der Waals surface area contributed by atoms with Crippen LogP contribution < -0.4 is 10.6 Å². The van der Waals surface area contributed by atoms with Crippen molar-refractivity contribution in [1.29, 1.82) is 0 Å². The van der Waals surface area contributed by atoms with E-state index in [-0.39, 0.29) is 6.04 Å². The maximum absolute atomic E-state index is 11.9. The molecule has 1 saturated heterocycles. The van der Waals surface area contributed by atoms with Crippen molar-refractivity contribution in [3.05, 3.63) is 0 Å². The highest BCUT2D eigenvalue weighted by atomic mass is 32.2. The van der Waals surface area contributed by atoms with Crippen LogP contribution in [0.5, 0.6) is 0 Å². The number of rotatable bonds is 3. The fourth-order valence-corrected chi connectivity index (χ4v) is 1.90. The number of carbonyl (C=O) groups is 1. The average Bonchev–Trinajstić information content (AvgIpc) is 2.17. The first-order valence-corrected chi connectivity index (χ1v) is 7.35. The summed E-state index contributed by atoms with van der Waals surface area (Å²) in [5, 5.41) is 5.95. The normalized spacial score (nSPS) is 22.8. The van der Waals surface area contributed by atoms with Gasteiger partial charge in [0.25, 0.3) is 0 Å². The van der Waals surface area contributed by atoms with Gasteiger partial charge in [-0.05, 0) is 33.2 Å². The molecule has 6 heteroatoms. The Hall–Kier alpha value is -0.620. The molecular weight excluding hydrogens is 228 g/mol. The zero-order valence-corrected chi connectivity index (χ0v) is 10.9. The van der Waals surface area contributed by atoms with Crippen molar-refractivity contribution in [3.63, 3.8) is 0 Å². The standard InChI is InChI=1S/C10H20N2O3S/c1-10(2,16(3,14)15)9(13)12-8-5-4-6-11-7-8/h8,11H,4-7H2,1-3H3,(H,12,13)/t8-/m1/s1. The van der Waals surface area contributed by atoms with Crippen molar-refractivity contribution < 1.29 is 13.2 Å². The van der Waals surface area contributed by atoms with Gasteiger partial charge in [0.05, 0.1) is 0 Å². The summed E-state index contributed by atoms with van der Waals surface area (Å²) in [6.45, 7) is 4.55. The largest absolute Gasteiger partial charge is 0.351 e. The van der Waals surface area contributed by atoms with Gasteiger partial charge in [-0.2, -0.15) is 0 Å². The number of hydrogen-bond acceptors (Lipinski definition) is 4. The third-order valence-electron chi connectivity index (χ3n) is 3.11. The van der Waals surface area contributed by atoms with Crippen LogP contribution in [0.25, 0.3) is 0 Å². The van der Waals surface area contributed by atoms with E-state index >= 15 is 0 Å². The van der Waals surface area contributed by atoms with Crippen molar-refractivity contribution in [2.24, 2.45) is 0 Å². The molecule has 16 heavy (non-hydrogen) atoms. The Kier molecular flexibility index (Phi) is 3.96. The molecule has 0 aromatic carbocycles. The molecule has 1 atom stereocenters. The minimum atomic E-state index is -3.38. The van der Waals surface area contributed by atoms with Crippen molar-refractivity contribution in [2.75, 3.05) is 19.3 Å². The molecule has 0 unspecified atom stereocenters. The summed E-state index contributed by atoms with van der Waals surface area (Å²) < 4.78 is 21.6. The van der Waals surface area contributed by atoms with Gasteiger partial charge in [-0.15, -0.1) is 0 Å². The van der Waals surface area contributed by atoms with Crippen molar-refractivity contribution >= 4 is 15.7 Å². The van der Waals surface area contributed by atoms with Gasteiger partial charge in [0.15, 0.2) is 9.84 Å². The highest BCUT2D eigenvalue weighted by Crippen LogP contribution is 2.16. The number of sulfone groups is 1. The second-order valence-corrected chi connectivity index (χ2v) is 7.36. The summed E-state index contributed by atoms with van der Waals surface area (Å²) in [5.74, 6) is -0.413. The van der Waals surface area contributed by atoms with Gasteiger partial charge >= 0.3 is 0 Å². The quantitative estimate of drug-likeness (QED) is 0.717. The molecule has 1 rings (SSSR count). The lowest BCUT2D eigenvalue weighted by molar-refractivity contribution is -0.123. The van der Waals surface area contributed by atoms with Gasteiger partial charge < -0.3 is 10.6 Å². The van der Waals surface area contributed by atoms with E-state index in [0.29, 0.717) is 6.54 Å². The first-order valence-electron chi connectivity index (χ1n) is 5.46. The lowest BCUT2D eigenvalue weighted by Crippen LogP contribution is -2.54. The van der Waals surface area contributed by atoms with Gasteiger partial charge in [-0.3, -0.25) is 4.79 Å². The molecule has 0 aromatic rings. The van der Waals surface area contributed by atoms with Crippen LogP contribution in [0.3, 0.4) is 0 Å². The van der Waals surface area contributed by atoms with Crippen LogP contribution in [0, 0.1) is 0 Å². The predicted molar refractivity (Wildman–Crippen MR) is 63.0 cm³/mol. The molecule has 1 heterocycles. The number of nitrogens with one attached hydrogen (secondary N) is 2. The van der Waals surface area contributed by atoms with E-state index in [0.717, 1.165) is 25.6 Å². The molecular formula is C10H20N2O3S. The lowest BCUT2D eigenvalue weighted by atomic mass is 10.1. The van der Waals surface area contributed by atoms with Crippen molar-refractivity contribution in [3.8, 4) is 0 Å². The Bertz CT molecular complexity index is 356. The van der Waals surface area contributed by atoms with Gasteiger partial charge in [0.2, 0.25) is 5.91 Å². The second kappa shape index (κ2) is 4.71. The fourth-order valence-electron chi connectivity index (χ4n) is 1.50. The summed E-state index contributed by atoms with van der Waals surface area (Å²) >= 11 is 0. The van der Waals surface area contributed by atoms with Crippen LogP contribution in [-0.4, -0.2) is 44.5 Å². The minimum Gasteiger partial charge on any atom is -0.351 e. The Labute approximate surface area is 96.9 Å². The minimum absolute atomic E-state index is 0.0438. The highest BCUT2D eigenvalue weighted by Gasteiger charge is 2.39. The number of hydrogen-bond donors (Lipinski definition) is 2. The molecule has 0 radical (unpaired) electrons. The maximum atomic E-state index is 11.9. The van der Waals surface area contributed by atoms with Gasteiger partial charge in [0, 0.05) is 18.8 Å². The summed E-state index contributed by atoms with van der Waals surface area (Å²) in [5.41, 5.74) is 0.